The minimum absolute atomic E-state index is 0.149. The van der Waals surface area contributed by atoms with E-state index in [4.69, 9.17) is 10.2 Å². The summed E-state index contributed by atoms with van der Waals surface area (Å²) in [5.74, 6) is -0.436. The van der Waals surface area contributed by atoms with Crippen LogP contribution >= 0.6 is 0 Å². The molecule has 0 aliphatic rings. The van der Waals surface area contributed by atoms with Gasteiger partial charge >= 0.3 is 0 Å². The fourth-order valence-electron chi connectivity index (χ4n) is 3.05. The first-order chi connectivity index (χ1) is 12.5. The largest absolute Gasteiger partial charge is 0.449 e. The number of carbonyl (C=O) groups is 1. The van der Waals surface area contributed by atoms with Crippen LogP contribution in [-0.2, 0) is 6.42 Å². The molecular formula is C22H24N2O2. The van der Waals surface area contributed by atoms with Gasteiger partial charge in [0, 0.05) is 11.1 Å². The molecule has 3 N–H and O–H groups in total. The number of rotatable bonds is 8. The number of aryl methyl sites for hydroxylation is 2. The van der Waals surface area contributed by atoms with E-state index >= 15 is 0 Å². The summed E-state index contributed by atoms with van der Waals surface area (Å²) in [5, 5.41) is 4.09. The number of anilines is 1. The van der Waals surface area contributed by atoms with E-state index in [2.05, 4.69) is 36.2 Å². The summed E-state index contributed by atoms with van der Waals surface area (Å²) in [6, 6.07) is 16.3. The Morgan fingerprint density at radius 1 is 1.15 bits per heavy atom. The van der Waals surface area contributed by atoms with Gasteiger partial charge in [0.1, 0.15) is 5.58 Å². The maximum atomic E-state index is 11.7. The zero-order chi connectivity index (χ0) is 18.5. The number of hydrogen-bond donors (Lipinski definition) is 2. The maximum Gasteiger partial charge on any atom is 0.286 e. The number of nitrogens with two attached hydrogens (primary N) is 1. The van der Waals surface area contributed by atoms with Crippen LogP contribution in [0.4, 0.5) is 5.69 Å². The van der Waals surface area contributed by atoms with E-state index in [-0.39, 0.29) is 5.76 Å². The Morgan fingerprint density at radius 2 is 1.92 bits per heavy atom. The zero-order valence-electron chi connectivity index (χ0n) is 15.0. The number of nitrogens with one attached hydrogen (secondary N) is 1. The molecule has 134 valence electrons. The molecule has 1 heterocycles. The lowest BCUT2D eigenvalue weighted by atomic mass is 10.1. The molecule has 0 unspecified atom stereocenters. The number of fused-ring (bicyclic) bond motifs is 1. The van der Waals surface area contributed by atoms with E-state index in [1.165, 1.54) is 5.56 Å². The van der Waals surface area contributed by atoms with E-state index in [0.717, 1.165) is 42.3 Å². The summed E-state index contributed by atoms with van der Waals surface area (Å²) in [5.41, 5.74) is 10.00. The number of benzene rings is 2. The van der Waals surface area contributed by atoms with Crippen LogP contribution in [0, 0.1) is 6.92 Å². The fraction of sp³-hybridized carbons (Fsp3) is 0.227. The zero-order valence-corrected chi connectivity index (χ0v) is 15.0. The topological polar surface area (TPSA) is 68.3 Å². The highest BCUT2D eigenvalue weighted by Gasteiger charge is 2.19. The quantitative estimate of drug-likeness (QED) is 0.551. The number of unbranched alkanes of at least 4 members (excludes halogenated alkanes) is 1. The third-order valence-electron chi connectivity index (χ3n) is 4.41. The second kappa shape index (κ2) is 7.91. The van der Waals surface area contributed by atoms with Crippen LogP contribution in [0.15, 0.2) is 65.2 Å². The lowest BCUT2D eigenvalue weighted by Gasteiger charge is -2.09. The van der Waals surface area contributed by atoms with Crippen molar-refractivity contribution in [1.82, 2.24) is 0 Å². The molecule has 1 amide bonds. The van der Waals surface area contributed by atoms with Crippen molar-refractivity contribution in [2.24, 2.45) is 5.73 Å². The molecule has 2 aromatic carbocycles. The van der Waals surface area contributed by atoms with Crippen molar-refractivity contribution in [3.05, 3.63) is 77.7 Å². The van der Waals surface area contributed by atoms with Crippen LogP contribution in [0.25, 0.3) is 11.0 Å². The fourth-order valence-corrected chi connectivity index (χ4v) is 3.05. The second-order valence-corrected chi connectivity index (χ2v) is 6.59. The van der Waals surface area contributed by atoms with Crippen LogP contribution in [0.5, 0.6) is 0 Å². The van der Waals surface area contributed by atoms with Gasteiger partial charge in [0.05, 0.1) is 5.69 Å². The van der Waals surface area contributed by atoms with E-state index in [1.807, 2.05) is 31.2 Å². The van der Waals surface area contributed by atoms with Gasteiger partial charge in [-0.25, -0.2) is 0 Å². The minimum atomic E-state index is -0.585. The molecule has 0 spiro atoms. The number of primary amides is 1. The van der Waals surface area contributed by atoms with Crippen molar-refractivity contribution < 1.29 is 9.21 Å². The van der Waals surface area contributed by atoms with Crippen molar-refractivity contribution in [3.8, 4) is 0 Å². The van der Waals surface area contributed by atoms with Crippen LogP contribution in [0.1, 0.15) is 40.9 Å². The van der Waals surface area contributed by atoms with E-state index in [0.29, 0.717) is 11.3 Å². The standard InChI is InChI=1S/C22H24N2O2/c1-15-12-13-18-19(14-15)26-21(22(23)25)20(18)24-16(2)8-6-7-11-17-9-4-3-5-10-17/h3-5,9-10,12-14,24H,2,6-8,11H2,1H3,(H2,23,25). The van der Waals surface area contributed by atoms with Crippen molar-refractivity contribution in [3.63, 3.8) is 0 Å². The number of carbonyl (C=O) groups excluding carboxylic acids is 1. The number of allylic oxidation sites excluding steroid dienone is 1. The summed E-state index contributed by atoms with van der Waals surface area (Å²) in [6.45, 7) is 6.07. The lowest BCUT2D eigenvalue weighted by Crippen LogP contribution is -2.12. The van der Waals surface area contributed by atoms with Gasteiger partial charge in [0.2, 0.25) is 5.76 Å². The molecule has 1 aromatic heterocycles. The molecular weight excluding hydrogens is 324 g/mol. The van der Waals surface area contributed by atoms with Gasteiger partial charge in [-0.15, -0.1) is 0 Å². The Bertz CT molecular complexity index is 926. The molecule has 0 aliphatic heterocycles. The minimum Gasteiger partial charge on any atom is -0.449 e. The van der Waals surface area contributed by atoms with Gasteiger partial charge in [-0.2, -0.15) is 0 Å². The molecule has 3 rings (SSSR count). The molecule has 0 radical (unpaired) electrons. The Hall–Kier alpha value is -3.01. The molecule has 0 saturated carbocycles. The van der Waals surface area contributed by atoms with E-state index in [9.17, 15) is 4.79 Å². The smallest absolute Gasteiger partial charge is 0.286 e. The van der Waals surface area contributed by atoms with Gasteiger partial charge in [-0.05, 0) is 55.9 Å². The summed E-state index contributed by atoms with van der Waals surface area (Å²) in [4.78, 5) is 11.7. The average molecular weight is 348 g/mol. The van der Waals surface area contributed by atoms with Gasteiger partial charge in [-0.1, -0.05) is 43.0 Å². The summed E-state index contributed by atoms with van der Waals surface area (Å²) < 4.78 is 5.65. The Kier molecular flexibility index (Phi) is 5.42. The Morgan fingerprint density at radius 3 is 2.65 bits per heavy atom. The Balaban J connectivity index is 1.63. The van der Waals surface area contributed by atoms with Gasteiger partial charge in [-0.3, -0.25) is 4.79 Å². The molecule has 26 heavy (non-hydrogen) atoms. The number of hydrogen-bond acceptors (Lipinski definition) is 3. The van der Waals surface area contributed by atoms with Crippen LogP contribution in [-0.4, -0.2) is 5.91 Å². The summed E-state index contributed by atoms with van der Waals surface area (Å²) in [7, 11) is 0. The molecule has 3 aromatic rings. The van der Waals surface area contributed by atoms with Crippen LogP contribution < -0.4 is 11.1 Å². The predicted molar refractivity (Wildman–Crippen MR) is 106 cm³/mol. The van der Waals surface area contributed by atoms with Crippen molar-refractivity contribution in [1.29, 1.82) is 0 Å². The van der Waals surface area contributed by atoms with Crippen molar-refractivity contribution in [2.75, 3.05) is 5.32 Å². The van der Waals surface area contributed by atoms with Gasteiger partial charge in [0.25, 0.3) is 5.91 Å². The van der Waals surface area contributed by atoms with E-state index in [1.54, 1.807) is 0 Å². The molecule has 0 saturated heterocycles. The molecule has 4 heteroatoms. The van der Waals surface area contributed by atoms with Crippen molar-refractivity contribution >= 4 is 22.6 Å². The molecule has 0 bridgehead atoms. The van der Waals surface area contributed by atoms with E-state index < -0.39 is 5.91 Å². The molecule has 4 nitrogen and oxygen atoms in total. The first kappa shape index (κ1) is 17.8. The third kappa shape index (κ3) is 4.14. The van der Waals surface area contributed by atoms with Gasteiger partial charge in [0.15, 0.2) is 0 Å². The highest BCUT2D eigenvalue weighted by molar-refractivity contribution is 6.06. The normalized spacial score (nSPS) is 10.8. The highest BCUT2D eigenvalue weighted by atomic mass is 16.3. The second-order valence-electron chi connectivity index (χ2n) is 6.59. The summed E-state index contributed by atoms with van der Waals surface area (Å²) in [6.07, 6.45) is 3.97. The molecule has 0 fully saturated rings. The molecule has 0 atom stereocenters. The van der Waals surface area contributed by atoms with Crippen LogP contribution in [0.2, 0.25) is 0 Å². The average Bonchev–Trinajstić information content (AvgIpc) is 2.97. The predicted octanol–water partition coefficient (Wildman–Crippen LogP) is 5.18. The van der Waals surface area contributed by atoms with Crippen molar-refractivity contribution in [2.45, 2.75) is 32.6 Å². The Labute approximate surface area is 153 Å². The number of amides is 1. The number of furan rings is 1. The first-order valence-corrected chi connectivity index (χ1v) is 8.86. The maximum absolute atomic E-state index is 11.7. The SMILES string of the molecule is C=C(CCCCc1ccccc1)Nc1c(C(N)=O)oc2cc(C)ccc12. The highest BCUT2D eigenvalue weighted by Crippen LogP contribution is 2.32. The molecule has 0 aliphatic carbocycles. The lowest BCUT2D eigenvalue weighted by molar-refractivity contribution is 0.0977. The van der Waals surface area contributed by atoms with Gasteiger partial charge < -0.3 is 15.5 Å². The monoisotopic (exact) mass is 348 g/mol. The third-order valence-corrected chi connectivity index (χ3v) is 4.41. The van der Waals surface area contributed by atoms with Crippen LogP contribution in [0.3, 0.4) is 0 Å². The summed E-state index contributed by atoms with van der Waals surface area (Å²) >= 11 is 0. The first-order valence-electron chi connectivity index (χ1n) is 8.86.